The van der Waals surface area contributed by atoms with Crippen LogP contribution in [0.25, 0.3) is 0 Å². The Kier molecular flexibility index (Phi) is 8.40. The second-order valence-electron chi connectivity index (χ2n) is 6.73. The van der Waals surface area contributed by atoms with E-state index < -0.39 is 0 Å². The van der Waals surface area contributed by atoms with Crippen LogP contribution in [0.5, 0.6) is 0 Å². The molecule has 7 heteroatoms. The molecule has 0 unspecified atom stereocenters. The summed E-state index contributed by atoms with van der Waals surface area (Å²) >= 11 is 0. The lowest BCUT2D eigenvalue weighted by Gasteiger charge is -2.38. The average molecular weight is 482 g/mol. The summed E-state index contributed by atoms with van der Waals surface area (Å²) in [6, 6.07) is 6.58. The van der Waals surface area contributed by atoms with Gasteiger partial charge in [0.05, 0.1) is 12.9 Å². The number of hydrogen-bond acceptors (Lipinski definition) is 3. The summed E-state index contributed by atoms with van der Waals surface area (Å²) in [5, 5.41) is 3.44. The number of anilines is 1. The summed E-state index contributed by atoms with van der Waals surface area (Å²) in [4.78, 5) is 13.8. The van der Waals surface area contributed by atoms with Crippen molar-refractivity contribution in [2.24, 2.45) is 4.99 Å². The van der Waals surface area contributed by atoms with Gasteiger partial charge in [-0.2, -0.15) is 0 Å². The number of nitrogens with zero attached hydrogens (tertiary/aromatic N) is 5. The highest BCUT2D eigenvalue weighted by molar-refractivity contribution is 14.0. The lowest BCUT2D eigenvalue weighted by atomic mass is 10.1. The number of imidazole rings is 1. The normalized spacial score (nSPS) is 14.9. The molecule has 148 valence electrons. The van der Waals surface area contributed by atoms with Gasteiger partial charge in [0.15, 0.2) is 5.96 Å². The first-order chi connectivity index (χ1) is 12.7. The highest BCUT2D eigenvalue weighted by atomic mass is 127. The van der Waals surface area contributed by atoms with Crippen molar-refractivity contribution in [3.8, 4) is 0 Å². The van der Waals surface area contributed by atoms with Crippen molar-refractivity contribution >= 4 is 35.6 Å². The van der Waals surface area contributed by atoms with E-state index in [0.717, 1.165) is 51.8 Å². The molecule has 0 atom stereocenters. The number of nitrogens with one attached hydrogen (secondary N) is 1. The van der Waals surface area contributed by atoms with Gasteiger partial charge in [-0.05, 0) is 38.0 Å². The number of aliphatic imine (C=N–C) groups is 1. The summed E-state index contributed by atoms with van der Waals surface area (Å²) in [5.41, 5.74) is 4.12. The first kappa shape index (κ1) is 21.5. The maximum Gasteiger partial charge on any atom is 0.194 e. The Morgan fingerprint density at radius 1 is 1.19 bits per heavy atom. The van der Waals surface area contributed by atoms with Gasteiger partial charge in [-0.25, -0.2) is 4.98 Å². The van der Waals surface area contributed by atoms with Crippen LogP contribution in [0.3, 0.4) is 0 Å². The number of aromatic nitrogens is 2. The van der Waals surface area contributed by atoms with E-state index in [9.17, 15) is 0 Å². The molecule has 1 aliphatic rings. The maximum absolute atomic E-state index is 4.81. The van der Waals surface area contributed by atoms with Gasteiger partial charge in [0, 0.05) is 57.3 Å². The van der Waals surface area contributed by atoms with Crippen molar-refractivity contribution in [3.63, 3.8) is 0 Å². The lowest BCUT2D eigenvalue weighted by molar-refractivity contribution is 0.372. The van der Waals surface area contributed by atoms with Crippen molar-refractivity contribution in [2.45, 2.75) is 27.3 Å². The van der Waals surface area contributed by atoms with Crippen LogP contribution in [-0.4, -0.2) is 59.7 Å². The summed E-state index contributed by atoms with van der Waals surface area (Å²) in [6.45, 7) is 13.1. The first-order valence-corrected chi connectivity index (χ1v) is 9.49. The number of aryl methyl sites for hydroxylation is 1. The van der Waals surface area contributed by atoms with Gasteiger partial charge < -0.3 is 19.7 Å². The number of piperazine rings is 1. The number of hydrogen-bond donors (Lipinski definition) is 1. The maximum atomic E-state index is 4.81. The Bertz CT molecular complexity index is 720. The Labute approximate surface area is 179 Å². The number of rotatable bonds is 5. The molecule has 2 aromatic rings. The van der Waals surface area contributed by atoms with E-state index in [2.05, 4.69) is 63.6 Å². The summed E-state index contributed by atoms with van der Waals surface area (Å²) in [6.07, 6.45) is 5.62. The van der Waals surface area contributed by atoms with E-state index in [0.29, 0.717) is 0 Å². The molecule has 2 heterocycles. The molecular weight excluding hydrogens is 451 g/mol. The summed E-state index contributed by atoms with van der Waals surface area (Å²) < 4.78 is 2.06. The molecule has 0 saturated carbocycles. The van der Waals surface area contributed by atoms with Crippen LogP contribution < -0.4 is 10.2 Å². The van der Waals surface area contributed by atoms with Crippen LogP contribution in [0.2, 0.25) is 0 Å². The molecule has 1 aromatic carbocycles. The molecule has 0 aliphatic carbocycles. The fraction of sp³-hybridized carbons (Fsp3) is 0.500. The Balaban J connectivity index is 0.00000261. The van der Waals surface area contributed by atoms with Gasteiger partial charge in [0.2, 0.25) is 0 Å². The van der Waals surface area contributed by atoms with Gasteiger partial charge in [0.25, 0.3) is 0 Å². The number of guanidine groups is 1. The zero-order valence-electron chi connectivity index (χ0n) is 16.6. The van der Waals surface area contributed by atoms with Crippen LogP contribution in [0.1, 0.15) is 18.1 Å². The lowest BCUT2D eigenvalue weighted by Crippen LogP contribution is -2.52. The Hall–Kier alpha value is -1.77. The Morgan fingerprint density at radius 2 is 1.96 bits per heavy atom. The number of halogens is 1. The monoisotopic (exact) mass is 482 g/mol. The van der Waals surface area contributed by atoms with E-state index in [4.69, 9.17) is 4.99 Å². The smallest absolute Gasteiger partial charge is 0.194 e. The molecule has 0 amide bonds. The van der Waals surface area contributed by atoms with Gasteiger partial charge in [-0.15, -0.1) is 24.0 Å². The van der Waals surface area contributed by atoms with Crippen molar-refractivity contribution < 1.29 is 0 Å². The first-order valence-electron chi connectivity index (χ1n) is 9.49. The molecule has 1 aromatic heterocycles. The van der Waals surface area contributed by atoms with Crippen LogP contribution >= 0.6 is 24.0 Å². The minimum Gasteiger partial charge on any atom is -0.368 e. The molecule has 27 heavy (non-hydrogen) atoms. The van der Waals surface area contributed by atoms with Gasteiger partial charge >= 0.3 is 0 Å². The second kappa shape index (κ2) is 10.5. The standard InChI is InChI=1S/C20H30N6.HI/c1-4-22-20(23-9-11-24-10-8-21-16-24)26-14-12-25(13-15-26)19-7-5-6-17(2)18(19)3;/h5-8,10,16H,4,9,11-15H2,1-3H3,(H,22,23);1H. The summed E-state index contributed by atoms with van der Waals surface area (Å²) in [7, 11) is 0. The highest BCUT2D eigenvalue weighted by Gasteiger charge is 2.20. The van der Waals surface area contributed by atoms with E-state index in [1.807, 2.05) is 12.5 Å². The van der Waals surface area contributed by atoms with Crippen LogP contribution in [0, 0.1) is 13.8 Å². The molecule has 0 radical (unpaired) electrons. The molecule has 0 bridgehead atoms. The van der Waals surface area contributed by atoms with E-state index in [-0.39, 0.29) is 24.0 Å². The third kappa shape index (κ3) is 5.60. The summed E-state index contributed by atoms with van der Waals surface area (Å²) in [5.74, 6) is 1.02. The van der Waals surface area contributed by atoms with Crippen molar-refractivity contribution in [3.05, 3.63) is 48.0 Å². The SMILES string of the molecule is CCNC(=NCCn1ccnc1)N1CCN(c2cccc(C)c2C)CC1.I. The molecule has 3 rings (SSSR count). The van der Waals surface area contributed by atoms with Crippen molar-refractivity contribution in [1.29, 1.82) is 0 Å². The molecule has 1 fully saturated rings. The van der Waals surface area contributed by atoms with Crippen LogP contribution in [0.15, 0.2) is 41.9 Å². The highest BCUT2D eigenvalue weighted by Crippen LogP contribution is 2.23. The number of benzene rings is 1. The fourth-order valence-electron chi connectivity index (χ4n) is 3.35. The average Bonchev–Trinajstić information content (AvgIpc) is 3.17. The zero-order chi connectivity index (χ0) is 18.4. The van der Waals surface area contributed by atoms with Gasteiger partial charge in [0.1, 0.15) is 0 Å². The molecule has 1 aliphatic heterocycles. The van der Waals surface area contributed by atoms with E-state index in [1.54, 1.807) is 6.20 Å². The quantitative estimate of drug-likeness (QED) is 0.405. The van der Waals surface area contributed by atoms with E-state index in [1.165, 1.54) is 16.8 Å². The predicted octanol–water partition coefficient (Wildman–Crippen LogP) is 2.91. The molecule has 1 saturated heterocycles. The minimum atomic E-state index is 0. The Morgan fingerprint density at radius 3 is 2.63 bits per heavy atom. The molecule has 6 nitrogen and oxygen atoms in total. The predicted molar refractivity (Wildman–Crippen MR) is 123 cm³/mol. The molecular formula is C20H31IN6. The third-order valence-electron chi connectivity index (χ3n) is 5.01. The second-order valence-corrected chi connectivity index (χ2v) is 6.73. The molecule has 1 N–H and O–H groups in total. The van der Waals surface area contributed by atoms with Gasteiger partial charge in [-0.3, -0.25) is 4.99 Å². The van der Waals surface area contributed by atoms with Gasteiger partial charge in [-0.1, -0.05) is 12.1 Å². The third-order valence-corrected chi connectivity index (χ3v) is 5.01. The largest absolute Gasteiger partial charge is 0.368 e. The van der Waals surface area contributed by atoms with Crippen LogP contribution in [-0.2, 0) is 6.54 Å². The van der Waals surface area contributed by atoms with Crippen LogP contribution in [0.4, 0.5) is 5.69 Å². The van der Waals surface area contributed by atoms with Crippen molar-refractivity contribution in [2.75, 3.05) is 44.2 Å². The zero-order valence-corrected chi connectivity index (χ0v) is 18.9. The topological polar surface area (TPSA) is 48.7 Å². The minimum absolute atomic E-state index is 0. The molecule has 0 spiro atoms. The van der Waals surface area contributed by atoms with Crippen molar-refractivity contribution in [1.82, 2.24) is 19.8 Å². The fourth-order valence-corrected chi connectivity index (χ4v) is 3.35. The van der Waals surface area contributed by atoms with E-state index >= 15 is 0 Å².